The van der Waals surface area contributed by atoms with E-state index in [2.05, 4.69) is 17.8 Å². The molecule has 2 atom stereocenters. The van der Waals surface area contributed by atoms with Crippen molar-refractivity contribution in [1.29, 1.82) is 0 Å². The van der Waals surface area contributed by atoms with Crippen molar-refractivity contribution < 1.29 is 85.2 Å². The number of ether oxygens (including phenoxy) is 2. The minimum atomic E-state index is -7.60. The molecule has 5 nitrogen and oxygen atoms in total. The smallest absolute Gasteiger partial charge is 0.318 e. The quantitative estimate of drug-likeness (QED) is 0.0661. The van der Waals surface area contributed by atoms with Crippen LogP contribution in [0.3, 0.4) is 0 Å². The highest BCUT2D eigenvalue weighted by molar-refractivity contribution is 7.04. The molecule has 0 aliphatic heterocycles. The van der Waals surface area contributed by atoms with E-state index < -0.39 is 96.7 Å². The number of halogens is 15. The third-order valence-corrected chi connectivity index (χ3v) is 34.3. The number of alkyl halides is 14. The normalized spacial score (nSPS) is 16.7. The van der Waals surface area contributed by atoms with Crippen LogP contribution in [0.15, 0.2) is 24.3 Å². The first-order chi connectivity index (χ1) is 24.4. The zero-order valence-electron chi connectivity index (χ0n) is 31.6. The molecule has 0 spiro atoms. The van der Waals surface area contributed by atoms with Crippen molar-refractivity contribution >= 4 is 59.1 Å². The summed E-state index contributed by atoms with van der Waals surface area (Å²) >= 11 is 0. The molecule has 0 fully saturated rings. The Kier molecular flexibility index (Phi) is 16.7. The Labute approximate surface area is 316 Å². The van der Waals surface area contributed by atoms with Gasteiger partial charge in [-0.1, -0.05) is 105 Å². The number of anilines is 1. The number of carbonyl (C=O) groups is 1. The van der Waals surface area contributed by atoms with Crippen LogP contribution in [-0.4, -0.2) is 97.7 Å². The maximum Gasteiger partial charge on any atom is 0.478 e. The molecular weight excluding hydrogens is 864 g/mol. The molecule has 1 aromatic rings. The van der Waals surface area contributed by atoms with Crippen molar-refractivity contribution in [2.45, 2.75) is 136 Å². The molecule has 0 bridgehead atoms. The third kappa shape index (κ3) is 13.0. The van der Waals surface area contributed by atoms with E-state index in [9.17, 15) is 66.4 Å². The highest BCUT2D eigenvalue weighted by Crippen LogP contribution is 2.55. The summed E-state index contributed by atoms with van der Waals surface area (Å²) in [5.41, 5.74) is 1.62. The second-order valence-corrected chi connectivity index (χ2v) is 38.2. The van der Waals surface area contributed by atoms with Crippen LogP contribution < -0.4 is 10.1 Å². The van der Waals surface area contributed by atoms with E-state index in [1.807, 2.05) is 56.2 Å². The van der Waals surface area contributed by atoms with Crippen molar-refractivity contribution in [1.82, 2.24) is 0 Å². The summed E-state index contributed by atoms with van der Waals surface area (Å²) in [6.45, 7) is 15.3. The summed E-state index contributed by atoms with van der Waals surface area (Å²) < 4.78 is 214. The van der Waals surface area contributed by atoms with E-state index >= 15 is 4.39 Å². The summed E-state index contributed by atoms with van der Waals surface area (Å²) in [5.74, 6) is -13.4. The Morgan fingerprint density at radius 3 is 1.64 bits per heavy atom. The second-order valence-electron chi connectivity index (χ2n) is 15.9. The fourth-order valence-electron chi connectivity index (χ4n) is 6.57. The molecular formula is C30H46F15NO4Si5. The topological polar surface area (TPSA) is 48.0 Å². The van der Waals surface area contributed by atoms with Crippen LogP contribution in [0.2, 0.25) is 87.5 Å². The van der Waals surface area contributed by atoms with Crippen molar-refractivity contribution in [3.8, 4) is 0 Å². The van der Waals surface area contributed by atoms with E-state index in [1.165, 1.54) is 9.84 Å². The van der Waals surface area contributed by atoms with Gasteiger partial charge in [0.2, 0.25) is 6.41 Å². The number of amides is 1. The van der Waals surface area contributed by atoms with Gasteiger partial charge in [-0.2, -0.15) is 57.1 Å². The zero-order chi connectivity index (χ0) is 43.5. The molecule has 320 valence electrons. The number of carbonyl (C=O) groups excluding carboxylic acids is 1. The summed E-state index contributed by atoms with van der Waals surface area (Å²) in [6.07, 6.45) is -37.3. The number of benzene rings is 1. The highest BCUT2D eigenvalue weighted by Gasteiger charge is 2.82. The largest absolute Gasteiger partial charge is 0.478 e. The van der Waals surface area contributed by atoms with Gasteiger partial charge in [0.1, 0.15) is 0 Å². The van der Waals surface area contributed by atoms with E-state index in [0.29, 0.717) is 41.2 Å². The van der Waals surface area contributed by atoms with Crippen molar-refractivity contribution in [3.63, 3.8) is 0 Å². The average molecular weight is 910 g/mol. The number of nitrogens with zero attached hydrogens (tertiary/aromatic N) is 1. The Balaban J connectivity index is 3.67. The molecule has 0 aliphatic carbocycles. The molecule has 0 heterocycles. The fourth-order valence-corrected chi connectivity index (χ4v) is 41.8. The molecule has 1 amide bonds. The molecule has 0 saturated carbocycles. The first-order valence-corrected chi connectivity index (χ1v) is 31.5. The van der Waals surface area contributed by atoms with E-state index in [1.54, 1.807) is 19.2 Å². The van der Waals surface area contributed by atoms with Crippen molar-refractivity contribution in [2.75, 3.05) is 11.9 Å². The number of hydrogen-bond donors (Lipinski definition) is 0. The van der Waals surface area contributed by atoms with Gasteiger partial charge in [0, 0.05) is 52.9 Å². The molecule has 2 unspecified atom stereocenters. The summed E-state index contributed by atoms with van der Waals surface area (Å²) in [7, 11) is -9.15. The molecule has 1 rings (SSSR count). The van der Waals surface area contributed by atoms with Gasteiger partial charge >= 0.3 is 42.4 Å². The lowest BCUT2D eigenvalue weighted by atomic mass is 10.2. The van der Waals surface area contributed by atoms with Gasteiger partial charge in [-0.25, -0.2) is 4.39 Å². The third-order valence-electron chi connectivity index (χ3n) is 9.06. The predicted molar refractivity (Wildman–Crippen MR) is 189 cm³/mol. The highest BCUT2D eigenvalue weighted by atomic mass is 28.4. The predicted octanol–water partition coefficient (Wildman–Crippen LogP) is 11.0. The van der Waals surface area contributed by atoms with Crippen LogP contribution in [0.5, 0.6) is 0 Å². The first kappa shape index (κ1) is 51.6. The van der Waals surface area contributed by atoms with Crippen LogP contribution in [0.1, 0.15) is 6.42 Å². The van der Waals surface area contributed by atoms with E-state index in [0.717, 1.165) is 5.19 Å². The molecule has 55 heavy (non-hydrogen) atoms. The van der Waals surface area contributed by atoms with Gasteiger partial charge in [0.05, 0.1) is 8.07 Å². The van der Waals surface area contributed by atoms with Gasteiger partial charge in [0.15, 0.2) is 0 Å². The van der Waals surface area contributed by atoms with Gasteiger partial charge in [0.25, 0.3) is 0 Å². The van der Waals surface area contributed by atoms with Crippen LogP contribution >= 0.6 is 0 Å². The van der Waals surface area contributed by atoms with Gasteiger partial charge in [-0.3, -0.25) is 14.3 Å². The number of rotatable bonds is 22. The lowest BCUT2D eigenvalue weighted by Gasteiger charge is -2.43. The molecule has 0 aromatic heterocycles. The Hall–Kier alpha value is -1.40. The van der Waals surface area contributed by atoms with Crippen LogP contribution in [-0.2, 0) is 19.2 Å². The lowest BCUT2D eigenvalue weighted by Crippen LogP contribution is -2.66. The fraction of sp³-hybridized carbons (Fsp3) is 0.767. The van der Waals surface area contributed by atoms with Crippen LogP contribution in [0.25, 0.3) is 0 Å². The lowest BCUT2D eigenvalue weighted by molar-refractivity contribution is -0.567. The molecule has 25 heteroatoms. The maximum atomic E-state index is 15.9. The monoisotopic (exact) mass is 909 g/mol. The van der Waals surface area contributed by atoms with Crippen LogP contribution in [0, 0.1) is 0 Å². The minimum Gasteiger partial charge on any atom is -0.318 e. The Morgan fingerprint density at radius 2 is 1.22 bits per heavy atom. The first-order valence-electron chi connectivity index (χ1n) is 16.6. The minimum absolute atomic E-state index is 0.318. The number of hydrogen-bond acceptors (Lipinski definition) is 4. The molecule has 2 radical (unpaired) electrons. The summed E-state index contributed by atoms with van der Waals surface area (Å²) in [6, 6.07) is 7.82. The SMILES string of the molecule is CN(C=O)c1cccc([Si](C)(C)CC[Si](C)(C)C[Si](CCC(F)(OC(F)(F)C(F)(OC(F)(F)C(F)(F)OF)C(F)(F)F)C(F)(F)F)(C[Si](C)C)C[Si](C)C)c1. The van der Waals surface area contributed by atoms with E-state index in [4.69, 9.17) is 0 Å². The Morgan fingerprint density at radius 1 is 0.709 bits per heavy atom. The summed E-state index contributed by atoms with van der Waals surface area (Å²) in [4.78, 5) is 14.1. The molecule has 0 N–H and O–H groups in total. The average Bonchev–Trinajstić information content (AvgIpc) is 3.00. The molecule has 0 saturated heterocycles. The van der Waals surface area contributed by atoms with Gasteiger partial charge < -0.3 is 4.90 Å². The molecule has 0 aliphatic rings. The van der Waals surface area contributed by atoms with Gasteiger partial charge in [-0.05, 0) is 16.7 Å². The standard InChI is InChI=1S/C30H46F15NO4Si5/c1-46(18-47)22-11-10-12-23(17-22)54(8,9)16-15-53(6,7)21-55(19-51(2)3,20-52(4)5)14-13-24(31,26(33,34)35)48-28(39,40)25(32,27(36,37)38)49-29(41,42)30(43,44)50-45/h10-12,17-18H,13-16,19-21H2,1-9H3. The van der Waals surface area contributed by atoms with Crippen molar-refractivity contribution in [3.05, 3.63) is 24.3 Å². The summed E-state index contributed by atoms with van der Waals surface area (Å²) in [5, 5.41) is 1.00. The van der Waals surface area contributed by atoms with Crippen LogP contribution in [0.4, 0.5) is 71.7 Å². The second kappa shape index (κ2) is 17.8. The van der Waals surface area contributed by atoms with Gasteiger partial charge in [-0.15, -0.1) is 4.94 Å². The van der Waals surface area contributed by atoms with Crippen molar-refractivity contribution in [2.24, 2.45) is 0 Å². The van der Waals surface area contributed by atoms with E-state index in [-0.39, 0.29) is 0 Å². The zero-order valence-corrected chi connectivity index (χ0v) is 36.6. The Bertz CT molecular complexity index is 1410. The maximum absolute atomic E-state index is 15.9. The molecule has 1 aromatic carbocycles.